The predicted octanol–water partition coefficient (Wildman–Crippen LogP) is 4.86. The van der Waals surface area contributed by atoms with Gasteiger partial charge in [0.2, 0.25) is 5.91 Å². The number of hydrogen-bond donors (Lipinski definition) is 1. The summed E-state index contributed by atoms with van der Waals surface area (Å²) in [6, 6.07) is 9.30. The van der Waals surface area contributed by atoms with Gasteiger partial charge in [-0.05, 0) is 56.2 Å². The van der Waals surface area contributed by atoms with Crippen LogP contribution >= 0.6 is 11.3 Å². The van der Waals surface area contributed by atoms with Gasteiger partial charge in [0.15, 0.2) is 0 Å². The van der Waals surface area contributed by atoms with E-state index in [4.69, 9.17) is 4.98 Å². The van der Waals surface area contributed by atoms with Crippen molar-refractivity contribution in [2.45, 2.75) is 64.3 Å². The maximum absolute atomic E-state index is 12.5. The monoisotopic (exact) mass is 411 g/mol. The van der Waals surface area contributed by atoms with Crippen molar-refractivity contribution in [1.82, 2.24) is 15.2 Å². The van der Waals surface area contributed by atoms with Crippen molar-refractivity contribution in [2.75, 3.05) is 19.6 Å². The van der Waals surface area contributed by atoms with Crippen molar-refractivity contribution >= 4 is 17.2 Å². The minimum atomic E-state index is 0.102. The lowest BCUT2D eigenvalue weighted by Crippen LogP contribution is -2.51. The molecule has 2 atom stereocenters. The fourth-order valence-electron chi connectivity index (χ4n) is 4.82. The third-order valence-electron chi connectivity index (χ3n) is 6.51. The number of carbonyl (C=O) groups excluding carboxylic acids is 1. The van der Waals surface area contributed by atoms with Gasteiger partial charge < -0.3 is 10.2 Å². The Morgan fingerprint density at radius 3 is 2.76 bits per heavy atom. The number of hydrogen-bond acceptors (Lipinski definition) is 4. The molecule has 1 aromatic carbocycles. The third-order valence-corrected chi connectivity index (χ3v) is 7.45. The molecule has 0 saturated carbocycles. The number of benzene rings is 1. The van der Waals surface area contributed by atoms with Crippen LogP contribution in [0.25, 0.3) is 10.6 Å². The first-order chi connectivity index (χ1) is 14.1. The van der Waals surface area contributed by atoms with Crippen LogP contribution in [0.2, 0.25) is 0 Å². The van der Waals surface area contributed by atoms with Gasteiger partial charge in [0.05, 0.1) is 12.1 Å². The zero-order valence-corrected chi connectivity index (χ0v) is 18.5. The quantitative estimate of drug-likeness (QED) is 0.738. The lowest BCUT2D eigenvalue weighted by Gasteiger charge is -2.44. The van der Waals surface area contributed by atoms with E-state index < -0.39 is 0 Å². The number of nitrogens with zero attached hydrogens (tertiary/aromatic N) is 2. The largest absolute Gasteiger partial charge is 0.355 e. The molecule has 1 aromatic heterocycles. The number of fused-ring (bicyclic) bond motifs is 1. The molecule has 0 aliphatic carbocycles. The van der Waals surface area contributed by atoms with Gasteiger partial charge in [-0.25, -0.2) is 4.98 Å². The highest BCUT2D eigenvalue weighted by atomic mass is 32.1. The SMILES string of the molecule is CC(C)c1ccc(-c2nc(CC(=O)NCC3CCCN4CCCCC34)cs2)cc1. The lowest BCUT2D eigenvalue weighted by molar-refractivity contribution is -0.120. The summed E-state index contributed by atoms with van der Waals surface area (Å²) in [7, 11) is 0. The molecule has 4 nitrogen and oxygen atoms in total. The Morgan fingerprint density at radius 1 is 1.17 bits per heavy atom. The maximum atomic E-state index is 12.5. The Labute approximate surface area is 178 Å². The molecule has 3 heterocycles. The number of nitrogens with one attached hydrogen (secondary N) is 1. The standard InChI is InChI=1S/C24H33N3OS/c1-17(2)18-8-10-19(11-9-18)24-26-21(16-29-24)14-23(28)25-15-20-6-5-13-27-12-4-3-7-22(20)27/h8-11,16-17,20,22H,3-7,12-15H2,1-2H3,(H,25,28). The van der Waals surface area contributed by atoms with Crippen LogP contribution in [0.3, 0.4) is 0 Å². The van der Waals surface area contributed by atoms with Gasteiger partial charge in [-0.15, -0.1) is 11.3 Å². The molecule has 0 bridgehead atoms. The zero-order valence-electron chi connectivity index (χ0n) is 17.7. The minimum absolute atomic E-state index is 0.102. The van der Waals surface area contributed by atoms with Gasteiger partial charge in [0, 0.05) is 23.5 Å². The molecule has 1 N–H and O–H groups in total. The molecule has 2 saturated heterocycles. The molecule has 2 aliphatic rings. The van der Waals surface area contributed by atoms with E-state index in [1.165, 1.54) is 50.8 Å². The highest BCUT2D eigenvalue weighted by molar-refractivity contribution is 7.13. The molecule has 0 radical (unpaired) electrons. The first kappa shape index (κ1) is 20.5. The fraction of sp³-hybridized carbons (Fsp3) is 0.583. The molecule has 5 heteroatoms. The Balaban J connectivity index is 1.30. The number of carbonyl (C=O) groups is 1. The minimum Gasteiger partial charge on any atom is -0.355 e. The molecule has 4 rings (SSSR count). The van der Waals surface area contributed by atoms with Crippen LogP contribution in [0.4, 0.5) is 0 Å². The summed E-state index contributed by atoms with van der Waals surface area (Å²) in [6.07, 6.45) is 6.86. The van der Waals surface area contributed by atoms with Crippen molar-refractivity contribution in [3.8, 4) is 10.6 Å². The van der Waals surface area contributed by atoms with E-state index in [0.29, 0.717) is 24.3 Å². The molecular weight excluding hydrogens is 378 g/mol. The van der Waals surface area contributed by atoms with Gasteiger partial charge >= 0.3 is 0 Å². The summed E-state index contributed by atoms with van der Waals surface area (Å²) in [5.74, 6) is 1.24. The molecular formula is C24H33N3OS. The van der Waals surface area contributed by atoms with E-state index in [0.717, 1.165) is 22.8 Å². The van der Waals surface area contributed by atoms with Crippen molar-refractivity contribution in [3.05, 3.63) is 40.9 Å². The molecule has 2 aromatic rings. The topological polar surface area (TPSA) is 45.2 Å². The van der Waals surface area contributed by atoms with Crippen molar-refractivity contribution in [2.24, 2.45) is 5.92 Å². The smallest absolute Gasteiger partial charge is 0.226 e. The van der Waals surface area contributed by atoms with Gasteiger partial charge in [0.1, 0.15) is 5.01 Å². The zero-order chi connectivity index (χ0) is 20.2. The van der Waals surface area contributed by atoms with Crippen molar-refractivity contribution in [3.63, 3.8) is 0 Å². The van der Waals surface area contributed by atoms with Crippen molar-refractivity contribution in [1.29, 1.82) is 0 Å². The van der Waals surface area contributed by atoms with E-state index in [1.807, 2.05) is 5.38 Å². The molecule has 2 unspecified atom stereocenters. The number of amides is 1. The lowest BCUT2D eigenvalue weighted by atomic mass is 9.83. The second-order valence-corrected chi connectivity index (χ2v) is 9.76. The van der Waals surface area contributed by atoms with Gasteiger partial charge in [0.25, 0.3) is 0 Å². The van der Waals surface area contributed by atoms with E-state index >= 15 is 0 Å². The van der Waals surface area contributed by atoms with Crippen LogP contribution in [0.15, 0.2) is 29.6 Å². The average molecular weight is 412 g/mol. The second kappa shape index (κ2) is 9.40. The first-order valence-electron chi connectivity index (χ1n) is 11.2. The third kappa shape index (κ3) is 5.07. The van der Waals surface area contributed by atoms with Gasteiger partial charge in [-0.2, -0.15) is 0 Å². The summed E-state index contributed by atoms with van der Waals surface area (Å²) >= 11 is 1.62. The first-order valence-corrected chi connectivity index (χ1v) is 12.0. The van der Waals surface area contributed by atoms with Crippen LogP contribution in [0.5, 0.6) is 0 Å². The molecule has 0 spiro atoms. The summed E-state index contributed by atoms with van der Waals surface area (Å²) in [5, 5.41) is 6.22. The van der Waals surface area contributed by atoms with Crippen molar-refractivity contribution < 1.29 is 4.79 Å². The molecule has 1 amide bonds. The molecule has 29 heavy (non-hydrogen) atoms. The Kier molecular flexibility index (Phi) is 6.66. The van der Waals surface area contributed by atoms with Crippen LogP contribution < -0.4 is 5.32 Å². The summed E-state index contributed by atoms with van der Waals surface area (Å²) in [4.78, 5) is 19.9. The summed E-state index contributed by atoms with van der Waals surface area (Å²) < 4.78 is 0. The Morgan fingerprint density at radius 2 is 1.97 bits per heavy atom. The Hall–Kier alpha value is -1.72. The van der Waals surface area contributed by atoms with Crippen LogP contribution in [-0.2, 0) is 11.2 Å². The van der Waals surface area contributed by atoms with Crippen LogP contribution in [0, 0.1) is 5.92 Å². The average Bonchev–Trinajstić information content (AvgIpc) is 3.20. The molecule has 156 valence electrons. The number of rotatable bonds is 6. The van der Waals surface area contributed by atoms with E-state index in [9.17, 15) is 4.79 Å². The van der Waals surface area contributed by atoms with Crippen LogP contribution in [0.1, 0.15) is 63.1 Å². The van der Waals surface area contributed by atoms with E-state index in [1.54, 1.807) is 11.3 Å². The van der Waals surface area contributed by atoms with E-state index in [2.05, 4.69) is 48.3 Å². The summed E-state index contributed by atoms with van der Waals surface area (Å²) in [6.45, 7) is 7.71. The second-order valence-electron chi connectivity index (χ2n) is 8.90. The molecule has 2 aliphatic heterocycles. The maximum Gasteiger partial charge on any atom is 0.226 e. The van der Waals surface area contributed by atoms with Gasteiger partial charge in [-0.3, -0.25) is 4.79 Å². The Bertz CT molecular complexity index is 812. The highest BCUT2D eigenvalue weighted by Gasteiger charge is 2.32. The van der Waals surface area contributed by atoms with Crippen LogP contribution in [-0.4, -0.2) is 41.5 Å². The predicted molar refractivity (Wildman–Crippen MR) is 120 cm³/mol. The highest BCUT2D eigenvalue weighted by Crippen LogP contribution is 2.30. The number of thiazole rings is 1. The number of aromatic nitrogens is 1. The molecule has 2 fully saturated rings. The summed E-state index contributed by atoms with van der Waals surface area (Å²) in [5.41, 5.74) is 3.34. The fourth-order valence-corrected chi connectivity index (χ4v) is 5.64. The number of piperidine rings is 2. The van der Waals surface area contributed by atoms with E-state index in [-0.39, 0.29) is 5.91 Å². The van der Waals surface area contributed by atoms with Gasteiger partial charge in [-0.1, -0.05) is 44.5 Å². The normalized spacial score (nSPS) is 22.4.